The van der Waals surface area contributed by atoms with E-state index >= 15 is 0 Å². The van der Waals surface area contributed by atoms with Gasteiger partial charge in [0.1, 0.15) is 0 Å². The highest BCUT2D eigenvalue weighted by Gasteiger charge is 2.22. The summed E-state index contributed by atoms with van der Waals surface area (Å²) in [6.45, 7) is 2.61. The molecule has 0 saturated heterocycles. The van der Waals surface area contributed by atoms with Gasteiger partial charge >= 0.3 is 10.2 Å². The molecule has 0 spiro atoms. The molecule has 1 aliphatic rings. The van der Waals surface area contributed by atoms with Crippen molar-refractivity contribution in [2.24, 2.45) is 8.80 Å². The number of amidine groups is 2. The Morgan fingerprint density at radius 2 is 2.10 bits per heavy atom. The molecule has 110 valence electrons. The molecule has 10 heteroatoms. The molecule has 1 aromatic heterocycles. The average molecular weight is 333 g/mol. The molecule has 0 bridgehead atoms. The molecule has 0 aliphatic carbocycles. The summed E-state index contributed by atoms with van der Waals surface area (Å²) in [5.41, 5.74) is 0. The van der Waals surface area contributed by atoms with Crippen LogP contribution in [0, 0.1) is 6.92 Å². The van der Waals surface area contributed by atoms with E-state index in [-0.39, 0.29) is 11.7 Å². The van der Waals surface area contributed by atoms with Gasteiger partial charge < -0.3 is 10.6 Å². The van der Waals surface area contributed by atoms with Crippen molar-refractivity contribution in [3.05, 3.63) is 16.1 Å². The zero-order chi connectivity index (χ0) is 14.6. The summed E-state index contributed by atoms with van der Waals surface area (Å²) in [5, 5.41) is 6.75. The summed E-state index contributed by atoms with van der Waals surface area (Å²) in [6, 6.07) is 0. The molecule has 0 aromatic carbocycles. The Kier molecular flexibility index (Phi) is 5.00. The third-order valence-electron chi connectivity index (χ3n) is 2.33. The van der Waals surface area contributed by atoms with E-state index in [1.165, 1.54) is 4.88 Å². The molecule has 1 aliphatic heterocycles. The Hall–Kier alpha value is -1.13. The quantitative estimate of drug-likeness (QED) is 0.764. The van der Waals surface area contributed by atoms with Gasteiger partial charge in [-0.2, -0.15) is 20.2 Å². The maximum absolute atomic E-state index is 11.2. The molecule has 0 radical (unpaired) electrons. The number of hydrogen-bond donors (Lipinski definition) is 2. The number of rotatable bonds is 5. The van der Waals surface area contributed by atoms with E-state index in [0.717, 1.165) is 16.5 Å². The Bertz CT molecular complexity index is 635. The minimum Gasteiger partial charge on any atom is -0.369 e. The highest BCUT2D eigenvalue weighted by molar-refractivity contribution is 7.98. The topological polar surface area (TPSA) is 95.8 Å². The second-order valence-electron chi connectivity index (χ2n) is 3.90. The normalized spacial score (nSPS) is 16.7. The summed E-state index contributed by atoms with van der Waals surface area (Å²) in [5.74, 6) is 2.28. The smallest absolute Gasteiger partial charge is 0.367 e. The molecule has 0 unspecified atom stereocenters. The van der Waals surface area contributed by atoms with E-state index in [4.69, 9.17) is 0 Å². The van der Waals surface area contributed by atoms with Gasteiger partial charge in [0.25, 0.3) is 0 Å². The maximum atomic E-state index is 11.2. The van der Waals surface area contributed by atoms with Crippen molar-refractivity contribution in [1.82, 2.24) is 15.6 Å². The largest absolute Gasteiger partial charge is 0.369 e. The van der Waals surface area contributed by atoms with Crippen LogP contribution in [0.15, 0.2) is 15.0 Å². The lowest BCUT2D eigenvalue weighted by Gasteiger charge is -2.06. The van der Waals surface area contributed by atoms with Crippen LogP contribution in [0.5, 0.6) is 0 Å². The van der Waals surface area contributed by atoms with Crippen LogP contribution in [-0.2, 0) is 16.0 Å². The molecule has 7 nitrogen and oxygen atoms in total. The van der Waals surface area contributed by atoms with Gasteiger partial charge in [-0.25, -0.2) is 4.98 Å². The number of thiazole rings is 1. The van der Waals surface area contributed by atoms with Crippen LogP contribution >= 0.6 is 23.1 Å². The molecular formula is C10H15N5O2S3. The monoisotopic (exact) mass is 333 g/mol. The van der Waals surface area contributed by atoms with E-state index in [1.54, 1.807) is 30.1 Å². The lowest BCUT2D eigenvalue weighted by atomic mass is 10.5. The molecule has 0 amide bonds. The van der Waals surface area contributed by atoms with Gasteiger partial charge in [0, 0.05) is 36.2 Å². The first-order valence-electron chi connectivity index (χ1n) is 5.86. The Labute approximate surface area is 126 Å². The Morgan fingerprint density at radius 1 is 1.35 bits per heavy atom. The fourth-order valence-electron chi connectivity index (χ4n) is 1.50. The van der Waals surface area contributed by atoms with Crippen LogP contribution in [-0.4, -0.2) is 44.4 Å². The van der Waals surface area contributed by atoms with Crippen molar-refractivity contribution < 1.29 is 8.42 Å². The third-order valence-corrected chi connectivity index (χ3v) is 5.26. The molecule has 2 N–H and O–H groups in total. The summed E-state index contributed by atoms with van der Waals surface area (Å²) < 4.78 is 29.4. The second-order valence-corrected chi connectivity index (χ2v) is 7.59. The lowest BCUT2D eigenvalue weighted by Crippen LogP contribution is -2.37. The van der Waals surface area contributed by atoms with Gasteiger partial charge in [-0.3, -0.25) is 0 Å². The fraction of sp³-hybridized carbons (Fsp3) is 0.500. The second kappa shape index (κ2) is 6.55. The minimum atomic E-state index is -3.70. The minimum absolute atomic E-state index is 0.257. The summed E-state index contributed by atoms with van der Waals surface area (Å²) in [4.78, 5) is 5.44. The van der Waals surface area contributed by atoms with Crippen LogP contribution in [0.2, 0.25) is 0 Å². The van der Waals surface area contributed by atoms with Crippen LogP contribution in [0.4, 0.5) is 0 Å². The molecule has 1 aromatic rings. The number of nitrogens with zero attached hydrogens (tertiary/aromatic N) is 3. The van der Waals surface area contributed by atoms with Crippen LogP contribution in [0.25, 0.3) is 0 Å². The Balaban J connectivity index is 1.73. The highest BCUT2D eigenvalue weighted by atomic mass is 32.2. The van der Waals surface area contributed by atoms with Gasteiger partial charge in [0.2, 0.25) is 0 Å². The van der Waals surface area contributed by atoms with Gasteiger partial charge in [-0.15, -0.1) is 20.1 Å². The summed E-state index contributed by atoms with van der Waals surface area (Å²) >= 11 is 3.45. The SMILES string of the molecule is CNC1=NS(=O)(=O)N=C1NCCSCc1cnc(C)s1. The van der Waals surface area contributed by atoms with E-state index in [9.17, 15) is 8.42 Å². The number of nitrogens with one attached hydrogen (secondary N) is 2. The Morgan fingerprint density at radius 3 is 2.75 bits per heavy atom. The number of hydrogen-bond acceptors (Lipinski definition) is 7. The zero-order valence-corrected chi connectivity index (χ0v) is 13.5. The van der Waals surface area contributed by atoms with Crippen molar-refractivity contribution in [2.75, 3.05) is 19.3 Å². The third kappa shape index (κ3) is 4.18. The maximum Gasteiger partial charge on any atom is 0.367 e. The standard InChI is InChI=1S/C10H15N5O2S3/c1-7-13-5-8(19-7)6-18-4-3-12-10-9(11-2)14-20(16,17)15-10/h5H,3-4,6H2,1-2H3,(H,11,14)(H,12,15). The van der Waals surface area contributed by atoms with Gasteiger partial charge in [-0.1, -0.05) is 0 Å². The first-order valence-corrected chi connectivity index (χ1v) is 9.23. The molecule has 2 rings (SSSR count). The molecule has 0 atom stereocenters. The van der Waals surface area contributed by atoms with E-state index in [0.29, 0.717) is 6.54 Å². The number of aryl methyl sites for hydroxylation is 1. The first kappa shape index (κ1) is 15.3. The highest BCUT2D eigenvalue weighted by Crippen LogP contribution is 2.18. The van der Waals surface area contributed by atoms with Crippen LogP contribution in [0.3, 0.4) is 0 Å². The fourth-order valence-corrected chi connectivity index (χ4v) is 4.08. The molecular weight excluding hydrogens is 318 g/mol. The van der Waals surface area contributed by atoms with Gasteiger partial charge in [0.05, 0.1) is 5.01 Å². The van der Waals surface area contributed by atoms with E-state index < -0.39 is 10.2 Å². The van der Waals surface area contributed by atoms with Crippen molar-refractivity contribution >= 4 is 45.0 Å². The van der Waals surface area contributed by atoms with E-state index in [1.807, 2.05) is 13.1 Å². The van der Waals surface area contributed by atoms with Crippen molar-refractivity contribution in [2.45, 2.75) is 12.7 Å². The predicted octanol–water partition coefficient (Wildman–Crippen LogP) is 0.549. The van der Waals surface area contributed by atoms with Crippen LogP contribution < -0.4 is 10.6 Å². The summed E-state index contributed by atoms with van der Waals surface area (Å²) in [7, 11) is -2.09. The van der Waals surface area contributed by atoms with Gasteiger partial charge in [-0.05, 0) is 6.92 Å². The van der Waals surface area contributed by atoms with Gasteiger partial charge in [0.15, 0.2) is 11.7 Å². The molecule has 0 saturated carbocycles. The zero-order valence-electron chi connectivity index (χ0n) is 11.1. The molecule has 0 fully saturated rings. The van der Waals surface area contributed by atoms with Crippen molar-refractivity contribution in [3.63, 3.8) is 0 Å². The summed E-state index contributed by atoms with van der Waals surface area (Å²) in [6.07, 6.45) is 1.89. The predicted molar refractivity (Wildman–Crippen MR) is 83.9 cm³/mol. The lowest BCUT2D eigenvalue weighted by molar-refractivity contribution is 0.600. The average Bonchev–Trinajstić information content (AvgIpc) is 2.92. The molecule has 2 heterocycles. The van der Waals surface area contributed by atoms with E-state index in [2.05, 4.69) is 24.4 Å². The van der Waals surface area contributed by atoms with Crippen molar-refractivity contribution in [3.8, 4) is 0 Å². The number of likely N-dealkylation sites (N-methyl/N-ethyl adjacent to an activating group) is 1. The molecule has 20 heavy (non-hydrogen) atoms. The van der Waals surface area contributed by atoms with Crippen molar-refractivity contribution in [1.29, 1.82) is 0 Å². The first-order chi connectivity index (χ1) is 9.50. The van der Waals surface area contributed by atoms with Crippen LogP contribution in [0.1, 0.15) is 9.88 Å². The number of thioether (sulfide) groups is 1. The number of aromatic nitrogens is 1.